The third-order valence-corrected chi connectivity index (χ3v) is 3.17. The summed E-state index contributed by atoms with van der Waals surface area (Å²) in [6, 6.07) is 10.2. The van der Waals surface area contributed by atoms with Crippen molar-refractivity contribution in [2.45, 2.75) is 25.8 Å². The second-order valence-electron chi connectivity index (χ2n) is 4.67. The number of rotatable bonds is 4. The molecule has 0 fully saturated rings. The van der Waals surface area contributed by atoms with Crippen LogP contribution in [-0.4, -0.2) is 11.0 Å². The molecule has 1 unspecified atom stereocenters. The summed E-state index contributed by atoms with van der Waals surface area (Å²) in [4.78, 5) is 4.09. The molecule has 0 radical (unpaired) electrons. The summed E-state index contributed by atoms with van der Waals surface area (Å²) in [5.74, 6) is 0. The van der Waals surface area contributed by atoms with Gasteiger partial charge in [0, 0.05) is 24.1 Å². The molecule has 18 heavy (non-hydrogen) atoms. The first-order valence-electron chi connectivity index (χ1n) is 6.15. The van der Waals surface area contributed by atoms with Gasteiger partial charge in [-0.25, -0.2) is 0 Å². The van der Waals surface area contributed by atoms with Crippen LogP contribution in [0.15, 0.2) is 42.7 Å². The molecule has 94 valence electrons. The van der Waals surface area contributed by atoms with Crippen molar-refractivity contribution in [1.82, 2.24) is 4.98 Å². The fourth-order valence-electron chi connectivity index (χ4n) is 2.08. The van der Waals surface area contributed by atoms with Gasteiger partial charge in [0.15, 0.2) is 0 Å². The minimum atomic E-state index is 0.0672. The van der Waals surface area contributed by atoms with Gasteiger partial charge in [0.1, 0.15) is 0 Å². The van der Waals surface area contributed by atoms with Crippen LogP contribution in [0.3, 0.4) is 0 Å². The van der Waals surface area contributed by atoms with Gasteiger partial charge in [-0.05, 0) is 42.5 Å². The zero-order valence-electron chi connectivity index (χ0n) is 10.6. The normalized spacial score (nSPS) is 12.3. The molecule has 0 saturated heterocycles. The van der Waals surface area contributed by atoms with Crippen molar-refractivity contribution < 1.29 is 0 Å². The molecule has 0 bridgehead atoms. The highest BCUT2D eigenvalue weighted by Gasteiger charge is 2.09. The summed E-state index contributed by atoms with van der Waals surface area (Å²) in [6.07, 6.45) is 5.12. The Morgan fingerprint density at radius 2 is 1.83 bits per heavy atom. The maximum absolute atomic E-state index is 6.19. The number of hydrogen-bond donors (Lipinski definition) is 2. The number of nitrogens with two attached hydrogens (primary N) is 2. The molecule has 2 rings (SSSR count). The highest BCUT2D eigenvalue weighted by atomic mass is 14.7. The van der Waals surface area contributed by atoms with E-state index in [1.54, 1.807) is 12.4 Å². The monoisotopic (exact) mass is 241 g/mol. The quantitative estimate of drug-likeness (QED) is 0.861. The van der Waals surface area contributed by atoms with Gasteiger partial charge in [-0.3, -0.25) is 4.98 Å². The number of nitrogens with zero attached hydrogens (tertiary/aromatic N) is 1. The standard InChI is InChI=1S/C15H19N3/c1-11-4-2-3-5-12(11)8-14(16)9-13-10-18-7-6-15(13)17/h2-7,10,14H,8-9,16H2,1H3,(H2,17,18). The number of nitrogen functional groups attached to an aromatic ring is 1. The van der Waals surface area contributed by atoms with Crippen molar-refractivity contribution >= 4 is 5.69 Å². The van der Waals surface area contributed by atoms with Crippen molar-refractivity contribution in [3.8, 4) is 0 Å². The molecule has 0 aliphatic carbocycles. The molecule has 2 aromatic rings. The Kier molecular flexibility index (Phi) is 3.95. The fraction of sp³-hybridized carbons (Fsp3) is 0.267. The third kappa shape index (κ3) is 3.08. The zero-order valence-corrected chi connectivity index (χ0v) is 10.6. The van der Waals surface area contributed by atoms with Crippen molar-refractivity contribution in [3.63, 3.8) is 0 Å². The third-order valence-electron chi connectivity index (χ3n) is 3.17. The van der Waals surface area contributed by atoms with Crippen LogP contribution in [0.5, 0.6) is 0 Å². The average Bonchev–Trinajstić information content (AvgIpc) is 2.35. The fourth-order valence-corrected chi connectivity index (χ4v) is 2.08. The van der Waals surface area contributed by atoms with Crippen LogP contribution in [0.2, 0.25) is 0 Å². The van der Waals surface area contributed by atoms with Gasteiger partial charge < -0.3 is 11.5 Å². The topological polar surface area (TPSA) is 64.9 Å². The maximum atomic E-state index is 6.19. The minimum absolute atomic E-state index is 0.0672. The number of benzene rings is 1. The van der Waals surface area contributed by atoms with Crippen molar-refractivity contribution in [3.05, 3.63) is 59.4 Å². The zero-order chi connectivity index (χ0) is 13.0. The second kappa shape index (κ2) is 5.65. The van der Waals surface area contributed by atoms with Crippen LogP contribution in [0.4, 0.5) is 5.69 Å². The molecule has 3 nitrogen and oxygen atoms in total. The summed E-state index contributed by atoms with van der Waals surface area (Å²) < 4.78 is 0. The highest BCUT2D eigenvalue weighted by molar-refractivity contribution is 5.44. The van der Waals surface area contributed by atoms with E-state index in [9.17, 15) is 0 Å². The Hall–Kier alpha value is -1.87. The summed E-state index contributed by atoms with van der Waals surface area (Å²) >= 11 is 0. The lowest BCUT2D eigenvalue weighted by Crippen LogP contribution is -2.26. The van der Waals surface area contributed by atoms with E-state index in [-0.39, 0.29) is 6.04 Å². The summed E-state index contributed by atoms with van der Waals surface area (Å²) in [5, 5.41) is 0. The van der Waals surface area contributed by atoms with Crippen LogP contribution >= 0.6 is 0 Å². The van der Waals surface area contributed by atoms with Crippen molar-refractivity contribution in [2.75, 3.05) is 5.73 Å². The van der Waals surface area contributed by atoms with E-state index in [1.807, 2.05) is 18.2 Å². The molecule has 4 N–H and O–H groups in total. The van der Waals surface area contributed by atoms with Gasteiger partial charge >= 0.3 is 0 Å². The SMILES string of the molecule is Cc1ccccc1CC(N)Cc1cnccc1N. The first kappa shape index (κ1) is 12.6. The number of hydrogen-bond acceptors (Lipinski definition) is 3. The van der Waals surface area contributed by atoms with Gasteiger partial charge in [-0.2, -0.15) is 0 Å². The minimum Gasteiger partial charge on any atom is -0.398 e. The van der Waals surface area contributed by atoms with Gasteiger partial charge in [0.2, 0.25) is 0 Å². The first-order chi connectivity index (χ1) is 8.66. The Balaban J connectivity index is 2.04. The van der Waals surface area contributed by atoms with Crippen molar-refractivity contribution in [2.24, 2.45) is 5.73 Å². The number of pyridine rings is 1. The molecule has 0 aliphatic heterocycles. The highest BCUT2D eigenvalue weighted by Crippen LogP contribution is 2.14. The molecule has 0 amide bonds. The molecule has 3 heteroatoms. The van der Waals surface area contributed by atoms with E-state index < -0.39 is 0 Å². The molecule has 0 spiro atoms. The van der Waals surface area contributed by atoms with Gasteiger partial charge in [-0.1, -0.05) is 24.3 Å². The molecule has 1 aromatic heterocycles. The van der Waals surface area contributed by atoms with Gasteiger partial charge in [0.25, 0.3) is 0 Å². The number of aryl methyl sites for hydroxylation is 1. The van der Waals surface area contributed by atoms with E-state index in [0.717, 1.165) is 24.1 Å². The molecular formula is C15H19N3. The Morgan fingerprint density at radius 1 is 1.11 bits per heavy atom. The Bertz CT molecular complexity index is 475. The smallest absolute Gasteiger partial charge is 0.0378 e. The molecule has 1 aromatic carbocycles. The number of aromatic nitrogens is 1. The summed E-state index contributed by atoms with van der Waals surface area (Å²) in [5.41, 5.74) is 16.5. The summed E-state index contributed by atoms with van der Waals surface area (Å²) in [7, 11) is 0. The van der Waals surface area contributed by atoms with Gasteiger partial charge in [0.05, 0.1) is 0 Å². The lowest BCUT2D eigenvalue weighted by molar-refractivity contribution is 0.662. The van der Waals surface area contributed by atoms with E-state index in [2.05, 4.69) is 24.0 Å². The second-order valence-corrected chi connectivity index (χ2v) is 4.67. The molecule has 0 saturated carbocycles. The largest absolute Gasteiger partial charge is 0.398 e. The first-order valence-corrected chi connectivity index (χ1v) is 6.15. The van der Waals surface area contributed by atoms with E-state index in [0.29, 0.717) is 0 Å². The lowest BCUT2D eigenvalue weighted by atomic mass is 9.97. The van der Waals surface area contributed by atoms with Crippen LogP contribution in [0.1, 0.15) is 16.7 Å². The molecule has 1 atom stereocenters. The van der Waals surface area contributed by atoms with Gasteiger partial charge in [-0.15, -0.1) is 0 Å². The molecule has 1 heterocycles. The summed E-state index contributed by atoms with van der Waals surface area (Å²) in [6.45, 7) is 2.11. The van der Waals surface area contributed by atoms with Crippen molar-refractivity contribution in [1.29, 1.82) is 0 Å². The predicted octanol–water partition coefficient (Wildman–Crippen LogP) is 2.08. The average molecular weight is 241 g/mol. The van der Waals surface area contributed by atoms with Crippen LogP contribution in [0, 0.1) is 6.92 Å². The van der Waals surface area contributed by atoms with Crippen LogP contribution < -0.4 is 11.5 Å². The van der Waals surface area contributed by atoms with E-state index in [1.165, 1.54) is 11.1 Å². The predicted molar refractivity (Wildman–Crippen MR) is 75.2 cm³/mol. The Labute approximate surface area is 108 Å². The van der Waals surface area contributed by atoms with Crippen LogP contribution in [-0.2, 0) is 12.8 Å². The maximum Gasteiger partial charge on any atom is 0.0378 e. The van der Waals surface area contributed by atoms with E-state index >= 15 is 0 Å². The number of anilines is 1. The lowest BCUT2D eigenvalue weighted by Gasteiger charge is -2.14. The molecular weight excluding hydrogens is 222 g/mol. The van der Waals surface area contributed by atoms with E-state index in [4.69, 9.17) is 11.5 Å². The molecule has 0 aliphatic rings. The van der Waals surface area contributed by atoms with Crippen LogP contribution in [0.25, 0.3) is 0 Å². The Morgan fingerprint density at radius 3 is 2.56 bits per heavy atom.